The van der Waals surface area contributed by atoms with Crippen LogP contribution in [0.1, 0.15) is 98.5 Å². The molecule has 0 aromatic carbocycles. The van der Waals surface area contributed by atoms with Crippen LogP contribution in [-0.2, 0) is 11.3 Å². The number of carbonyl (C=O) groups excluding carboxylic acids is 2. The quantitative estimate of drug-likeness (QED) is 0.303. The fourth-order valence-electron chi connectivity index (χ4n) is 5.39. The van der Waals surface area contributed by atoms with E-state index in [1.807, 2.05) is 6.92 Å². The van der Waals surface area contributed by atoms with Gasteiger partial charge in [-0.05, 0) is 55.6 Å². The molecular weight excluding hydrogens is 563 g/mol. The number of hydrogen-bond acceptors (Lipinski definition) is 6. The van der Waals surface area contributed by atoms with Crippen molar-refractivity contribution >= 4 is 17.5 Å². The lowest BCUT2D eigenvalue weighted by Gasteiger charge is -2.33. The summed E-state index contributed by atoms with van der Waals surface area (Å²) in [5, 5.41) is 18.3. The molecule has 0 aliphatic heterocycles. The number of alkyl halides is 5. The van der Waals surface area contributed by atoms with Crippen molar-refractivity contribution in [1.82, 2.24) is 40.2 Å². The summed E-state index contributed by atoms with van der Waals surface area (Å²) in [5.41, 5.74) is 1.54. The Hall–Kier alpha value is -3.65. The molecule has 3 aromatic heterocycles. The highest BCUT2D eigenvalue weighted by molar-refractivity contribution is 5.92. The molecule has 0 bridgehead atoms. The maximum atomic E-state index is 14.0. The molecule has 2 amide bonds. The van der Waals surface area contributed by atoms with E-state index in [0.717, 1.165) is 19.3 Å². The maximum absolute atomic E-state index is 14.0. The topological polar surface area (TPSA) is 119 Å². The summed E-state index contributed by atoms with van der Waals surface area (Å²) < 4.78 is 67.2. The Labute approximate surface area is 238 Å². The average Bonchev–Trinajstić information content (AvgIpc) is 3.50. The van der Waals surface area contributed by atoms with Gasteiger partial charge in [0, 0.05) is 19.3 Å². The molecule has 3 aromatic rings. The minimum absolute atomic E-state index is 0.0792. The second-order valence-electron chi connectivity index (χ2n) is 11.2. The van der Waals surface area contributed by atoms with Gasteiger partial charge >= 0.3 is 6.18 Å². The third-order valence-corrected chi connectivity index (χ3v) is 7.80. The first-order chi connectivity index (χ1) is 19.9. The highest BCUT2D eigenvalue weighted by Crippen LogP contribution is 2.43. The molecule has 2 fully saturated rings. The first kappa shape index (κ1) is 29.8. The maximum Gasteiger partial charge on any atom is 0.389 e. The molecule has 0 unspecified atom stereocenters. The zero-order valence-corrected chi connectivity index (χ0v) is 23.1. The SMILES string of the molecule is CCCn1ncc(C(=O)N[C@H](c2cn3ncc([C@@H](NC(=O)CCC(F)(F)F)C4CC4)cc3n2)C2CCC(F)(F)CC2)n1. The average molecular weight is 597 g/mol. The highest BCUT2D eigenvalue weighted by atomic mass is 19.4. The Kier molecular flexibility index (Phi) is 8.46. The third kappa shape index (κ3) is 7.40. The number of nitrogens with one attached hydrogen (secondary N) is 2. The molecule has 0 spiro atoms. The van der Waals surface area contributed by atoms with Gasteiger partial charge in [0.15, 0.2) is 11.3 Å². The normalized spacial score (nSPS) is 19.0. The van der Waals surface area contributed by atoms with Crippen molar-refractivity contribution in [2.45, 2.75) is 95.4 Å². The van der Waals surface area contributed by atoms with Gasteiger partial charge < -0.3 is 10.6 Å². The Balaban J connectivity index is 1.38. The fourth-order valence-corrected chi connectivity index (χ4v) is 5.39. The first-order valence-corrected chi connectivity index (χ1v) is 14.2. The van der Waals surface area contributed by atoms with Crippen molar-refractivity contribution in [1.29, 1.82) is 0 Å². The molecule has 0 radical (unpaired) electrons. The molecule has 2 saturated carbocycles. The zero-order chi connectivity index (χ0) is 30.1. The molecule has 10 nitrogen and oxygen atoms in total. The fraction of sp³-hybridized carbons (Fsp3) is 0.630. The zero-order valence-electron chi connectivity index (χ0n) is 23.1. The molecule has 15 heteroatoms. The predicted molar refractivity (Wildman–Crippen MR) is 139 cm³/mol. The van der Waals surface area contributed by atoms with E-state index in [-0.39, 0.29) is 43.2 Å². The van der Waals surface area contributed by atoms with E-state index in [4.69, 9.17) is 0 Å². The van der Waals surface area contributed by atoms with Gasteiger partial charge in [0.25, 0.3) is 5.91 Å². The summed E-state index contributed by atoms with van der Waals surface area (Å²) in [4.78, 5) is 31.5. The van der Waals surface area contributed by atoms with Gasteiger partial charge in [-0.2, -0.15) is 28.2 Å². The van der Waals surface area contributed by atoms with E-state index < -0.39 is 48.8 Å². The largest absolute Gasteiger partial charge is 0.389 e. The molecule has 3 heterocycles. The molecule has 42 heavy (non-hydrogen) atoms. The number of nitrogens with zero attached hydrogens (tertiary/aromatic N) is 6. The minimum Gasteiger partial charge on any atom is -0.349 e. The number of amides is 2. The molecule has 5 rings (SSSR count). The second-order valence-corrected chi connectivity index (χ2v) is 11.2. The van der Waals surface area contributed by atoms with Gasteiger partial charge in [-0.25, -0.2) is 18.3 Å². The van der Waals surface area contributed by atoms with Crippen molar-refractivity contribution in [3.8, 4) is 0 Å². The number of hydrogen-bond donors (Lipinski definition) is 2. The van der Waals surface area contributed by atoms with Gasteiger partial charge in [0.2, 0.25) is 11.8 Å². The molecule has 228 valence electrons. The summed E-state index contributed by atoms with van der Waals surface area (Å²) in [7, 11) is 0. The van der Waals surface area contributed by atoms with E-state index in [0.29, 0.717) is 23.4 Å². The van der Waals surface area contributed by atoms with Crippen LogP contribution in [0.2, 0.25) is 0 Å². The monoisotopic (exact) mass is 596 g/mol. The van der Waals surface area contributed by atoms with Gasteiger partial charge in [-0.1, -0.05) is 6.92 Å². The number of carbonyl (C=O) groups is 2. The Morgan fingerprint density at radius 1 is 1.05 bits per heavy atom. The molecule has 2 aliphatic rings. The molecule has 2 N–H and O–H groups in total. The van der Waals surface area contributed by atoms with Crippen LogP contribution < -0.4 is 10.6 Å². The number of aryl methyl sites for hydroxylation is 1. The van der Waals surface area contributed by atoms with E-state index >= 15 is 0 Å². The first-order valence-electron chi connectivity index (χ1n) is 14.2. The number of aromatic nitrogens is 6. The van der Waals surface area contributed by atoms with Crippen LogP contribution in [0, 0.1) is 11.8 Å². The van der Waals surface area contributed by atoms with Crippen molar-refractivity contribution in [2.24, 2.45) is 11.8 Å². The van der Waals surface area contributed by atoms with Crippen molar-refractivity contribution in [2.75, 3.05) is 0 Å². The van der Waals surface area contributed by atoms with E-state index in [2.05, 4.69) is 30.9 Å². The Morgan fingerprint density at radius 2 is 1.76 bits per heavy atom. The summed E-state index contributed by atoms with van der Waals surface area (Å²) in [6.45, 7) is 2.50. The molecule has 2 atom stereocenters. The predicted octanol–water partition coefficient (Wildman–Crippen LogP) is 4.94. The smallest absolute Gasteiger partial charge is 0.349 e. The number of rotatable bonds is 11. The Morgan fingerprint density at radius 3 is 2.43 bits per heavy atom. The van der Waals surface area contributed by atoms with Crippen LogP contribution in [0.25, 0.3) is 5.65 Å². The second kappa shape index (κ2) is 11.9. The van der Waals surface area contributed by atoms with Crippen molar-refractivity contribution in [3.63, 3.8) is 0 Å². The number of halogens is 5. The summed E-state index contributed by atoms with van der Waals surface area (Å²) in [6, 6.07) is 0.495. The van der Waals surface area contributed by atoms with Crippen LogP contribution in [0.5, 0.6) is 0 Å². The number of fused-ring (bicyclic) bond motifs is 1. The van der Waals surface area contributed by atoms with Crippen LogP contribution in [-0.4, -0.2) is 53.5 Å². The lowest BCUT2D eigenvalue weighted by Crippen LogP contribution is -2.37. The van der Waals surface area contributed by atoms with Crippen molar-refractivity contribution < 1.29 is 31.5 Å². The van der Waals surface area contributed by atoms with Crippen molar-refractivity contribution in [3.05, 3.63) is 41.6 Å². The van der Waals surface area contributed by atoms with Crippen LogP contribution in [0.4, 0.5) is 22.0 Å². The van der Waals surface area contributed by atoms with E-state index in [1.165, 1.54) is 21.7 Å². The summed E-state index contributed by atoms with van der Waals surface area (Å²) in [5.74, 6) is -4.18. The van der Waals surface area contributed by atoms with Crippen LogP contribution >= 0.6 is 0 Å². The lowest BCUT2D eigenvalue weighted by atomic mass is 9.81. The van der Waals surface area contributed by atoms with Crippen LogP contribution in [0.15, 0.2) is 24.7 Å². The van der Waals surface area contributed by atoms with Crippen LogP contribution in [0.3, 0.4) is 0 Å². The highest BCUT2D eigenvalue weighted by Gasteiger charge is 2.40. The third-order valence-electron chi connectivity index (χ3n) is 7.80. The standard InChI is InChI=1S/C27H33F5N8O2/c1-2-11-40-34-14-19(38-40)25(42)37-24(17-5-8-26(28,29)9-6-17)20-15-39-21(35-20)12-18(13-33-39)23(16-3-4-16)36-22(41)7-10-27(30,31)32/h12-17,23-24H,2-11H2,1H3,(H,36,41)(H,37,42)/t23-,24-/m0/s1. The van der Waals surface area contributed by atoms with Gasteiger partial charge in [-0.15, -0.1) is 5.10 Å². The van der Waals surface area contributed by atoms with Gasteiger partial charge in [0.1, 0.15) is 0 Å². The molecule has 0 saturated heterocycles. The number of imidazole rings is 1. The lowest BCUT2D eigenvalue weighted by molar-refractivity contribution is -0.144. The van der Waals surface area contributed by atoms with E-state index in [1.54, 1.807) is 12.3 Å². The Bertz CT molecular complexity index is 1410. The van der Waals surface area contributed by atoms with E-state index in [9.17, 15) is 31.5 Å². The molecule has 2 aliphatic carbocycles. The van der Waals surface area contributed by atoms with Gasteiger partial charge in [-0.3, -0.25) is 9.59 Å². The molecular formula is C27H33F5N8O2. The summed E-state index contributed by atoms with van der Waals surface area (Å²) >= 11 is 0. The summed E-state index contributed by atoms with van der Waals surface area (Å²) in [6.07, 6.45) is 0.400. The van der Waals surface area contributed by atoms with Gasteiger partial charge in [0.05, 0.1) is 49.3 Å². The minimum atomic E-state index is -4.43.